The summed E-state index contributed by atoms with van der Waals surface area (Å²) in [6.07, 6.45) is -0.307. The minimum absolute atomic E-state index is 0.196. The fraction of sp³-hybridized carbons (Fsp3) is 0.545. The highest BCUT2D eigenvalue weighted by Gasteiger charge is 2.55. The van der Waals surface area contributed by atoms with E-state index in [1.54, 1.807) is 0 Å². The molecule has 0 saturated carbocycles. The second-order valence-corrected chi connectivity index (χ2v) is 12.7. The van der Waals surface area contributed by atoms with Crippen LogP contribution < -0.4 is 11.5 Å². The highest BCUT2D eigenvalue weighted by atomic mass is 33.1. The molecule has 8 atom stereocenters. The quantitative estimate of drug-likeness (QED) is 0.114. The molecule has 6 rings (SSSR count). The van der Waals surface area contributed by atoms with Crippen molar-refractivity contribution in [1.29, 1.82) is 0 Å². The lowest BCUT2D eigenvalue weighted by Gasteiger charge is -2.27. The van der Waals surface area contributed by atoms with E-state index in [1.807, 2.05) is 0 Å². The number of aliphatic hydroxyl groups excluding tert-OH is 2. The average molecular weight is 593 g/mol. The van der Waals surface area contributed by atoms with Gasteiger partial charge in [-0.3, -0.25) is 9.13 Å². The summed E-state index contributed by atoms with van der Waals surface area (Å²) in [6.45, 7) is 2.97. The second kappa shape index (κ2) is 9.91. The number of fused-ring (bicyclic) bond motifs is 2. The molecule has 0 radical (unpaired) electrons. The normalized spacial score (nSPS) is 34.4. The minimum Gasteiger partial charge on any atom is -0.387 e. The van der Waals surface area contributed by atoms with Crippen LogP contribution in [0.5, 0.6) is 0 Å². The van der Waals surface area contributed by atoms with Crippen molar-refractivity contribution < 1.29 is 29.9 Å². The molecular formula is C22H28N10O6S2. The van der Waals surface area contributed by atoms with Crippen LogP contribution in [0.3, 0.4) is 0 Å². The minimum atomic E-state index is -1.64. The summed E-state index contributed by atoms with van der Waals surface area (Å²) in [5, 5.41) is 43.9. The standard InChI is InChI=1S/C22H28N10O6S2/c1-21(35)13(33)9(37-19(21)31-7-29-11-15(23)25-5-27-17(11)31)3-39-40-4-10-14(34)22(2,36)20(38-10)32-8-30-12-16(24)26-6-28-18(12)32/h5-10,13-14,19-20,33-36H,3-4H2,1-2H3,(H2,23,25,27)(H2,24,26,28)/t9-,10-,13+,14+,19-,20-,21?,22?/m1/s1. The summed E-state index contributed by atoms with van der Waals surface area (Å²) in [4.78, 5) is 24.7. The van der Waals surface area contributed by atoms with E-state index in [-0.39, 0.29) is 11.6 Å². The van der Waals surface area contributed by atoms with Gasteiger partial charge in [-0.15, -0.1) is 0 Å². The third kappa shape index (κ3) is 4.26. The van der Waals surface area contributed by atoms with Gasteiger partial charge in [0.05, 0.1) is 24.9 Å². The molecule has 0 aliphatic carbocycles. The lowest BCUT2D eigenvalue weighted by atomic mass is 9.97. The zero-order valence-corrected chi connectivity index (χ0v) is 23.0. The number of ether oxygens (including phenoxy) is 2. The molecule has 214 valence electrons. The summed E-state index contributed by atoms with van der Waals surface area (Å²) >= 11 is 0. The summed E-state index contributed by atoms with van der Waals surface area (Å²) in [6, 6.07) is 0. The monoisotopic (exact) mass is 592 g/mol. The first-order valence-corrected chi connectivity index (χ1v) is 14.7. The fourth-order valence-electron chi connectivity index (χ4n) is 5.07. The van der Waals surface area contributed by atoms with Crippen molar-refractivity contribution in [2.24, 2.45) is 0 Å². The maximum Gasteiger partial charge on any atom is 0.168 e. The topological polar surface area (TPSA) is 239 Å². The van der Waals surface area contributed by atoms with Gasteiger partial charge >= 0.3 is 0 Å². The Morgan fingerprint density at radius 1 is 0.750 bits per heavy atom. The maximum atomic E-state index is 11.1. The largest absolute Gasteiger partial charge is 0.387 e. The maximum absolute atomic E-state index is 11.1. The highest BCUT2D eigenvalue weighted by Crippen LogP contribution is 2.44. The van der Waals surface area contributed by atoms with E-state index in [9.17, 15) is 20.4 Å². The van der Waals surface area contributed by atoms with Gasteiger partial charge in [0.1, 0.15) is 47.1 Å². The number of anilines is 2. The first-order chi connectivity index (χ1) is 19.0. The van der Waals surface area contributed by atoms with Crippen LogP contribution in [0.1, 0.15) is 26.3 Å². The molecule has 0 bridgehead atoms. The van der Waals surface area contributed by atoms with Crippen LogP contribution >= 0.6 is 21.6 Å². The molecule has 4 aromatic heterocycles. The zero-order chi connectivity index (χ0) is 28.4. The van der Waals surface area contributed by atoms with Crippen molar-refractivity contribution in [3.8, 4) is 0 Å². The Hall–Kier alpha value is -2.84. The number of nitrogen functional groups attached to an aromatic ring is 2. The number of nitrogens with zero attached hydrogens (tertiary/aromatic N) is 8. The van der Waals surface area contributed by atoms with Gasteiger partial charge in [-0.1, -0.05) is 21.6 Å². The molecule has 0 amide bonds. The van der Waals surface area contributed by atoms with Crippen molar-refractivity contribution in [1.82, 2.24) is 39.0 Å². The van der Waals surface area contributed by atoms with E-state index in [2.05, 4.69) is 29.9 Å². The van der Waals surface area contributed by atoms with Crippen LogP contribution in [-0.2, 0) is 9.47 Å². The summed E-state index contributed by atoms with van der Waals surface area (Å²) < 4.78 is 15.2. The number of hydrogen-bond donors (Lipinski definition) is 6. The van der Waals surface area contributed by atoms with Crippen molar-refractivity contribution in [3.63, 3.8) is 0 Å². The Balaban J connectivity index is 1.09. The smallest absolute Gasteiger partial charge is 0.168 e. The zero-order valence-electron chi connectivity index (χ0n) is 21.3. The van der Waals surface area contributed by atoms with Gasteiger partial charge in [0.25, 0.3) is 0 Å². The van der Waals surface area contributed by atoms with E-state index in [0.29, 0.717) is 33.8 Å². The summed E-state index contributed by atoms with van der Waals surface area (Å²) in [5.41, 5.74) is 9.96. The molecule has 2 unspecified atom stereocenters. The third-order valence-corrected chi connectivity index (χ3v) is 9.75. The van der Waals surface area contributed by atoms with Crippen molar-refractivity contribution in [2.45, 2.75) is 61.9 Å². The van der Waals surface area contributed by atoms with Crippen LogP contribution in [0, 0.1) is 0 Å². The van der Waals surface area contributed by atoms with Crippen molar-refractivity contribution in [3.05, 3.63) is 25.3 Å². The van der Waals surface area contributed by atoms with Gasteiger partial charge in [-0.05, 0) is 13.8 Å². The molecule has 8 N–H and O–H groups in total. The number of aliphatic hydroxyl groups is 4. The van der Waals surface area contributed by atoms with Crippen LogP contribution in [0.4, 0.5) is 11.6 Å². The van der Waals surface area contributed by atoms with E-state index >= 15 is 0 Å². The van der Waals surface area contributed by atoms with Gasteiger partial charge in [-0.2, -0.15) is 0 Å². The Kier molecular flexibility index (Phi) is 6.77. The number of nitrogens with two attached hydrogens (primary N) is 2. The molecule has 4 aromatic rings. The van der Waals surface area contributed by atoms with Crippen LogP contribution in [0.2, 0.25) is 0 Å². The summed E-state index contributed by atoms with van der Waals surface area (Å²) in [7, 11) is 2.75. The van der Waals surface area contributed by atoms with Crippen molar-refractivity contribution in [2.75, 3.05) is 23.0 Å². The van der Waals surface area contributed by atoms with Gasteiger partial charge in [-0.25, -0.2) is 29.9 Å². The number of aromatic nitrogens is 8. The molecule has 16 nitrogen and oxygen atoms in total. The third-order valence-electron chi connectivity index (χ3n) is 7.34. The summed E-state index contributed by atoms with van der Waals surface area (Å²) in [5.74, 6) is 1.02. The van der Waals surface area contributed by atoms with Crippen LogP contribution in [0.15, 0.2) is 25.3 Å². The molecule has 2 fully saturated rings. The SMILES string of the molecule is CC1(O)[C@@H](O)[C@@H](CSSC[C@H]2O[C@@H](n3cnc4c(N)ncnc43)C(C)(O)[C@H]2O)O[C@H]1n1cnc2c(N)ncnc21. The number of hydrogen-bond acceptors (Lipinski definition) is 16. The van der Waals surface area contributed by atoms with E-state index in [0.717, 1.165) is 0 Å². The van der Waals surface area contributed by atoms with Crippen LogP contribution in [0.25, 0.3) is 22.3 Å². The van der Waals surface area contributed by atoms with E-state index < -0.39 is 48.1 Å². The first-order valence-electron chi connectivity index (χ1n) is 12.2. The van der Waals surface area contributed by atoms with Gasteiger partial charge in [0, 0.05) is 11.5 Å². The Labute approximate surface area is 234 Å². The predicted molar refractivity (Wildman–Crippen MR) is 145 cm³/mol. The van der Waals surface area contributed by atoms with Gasteiger partial charge in [0.2, 0.25) is 0 Å². The molecule has 40 heavy (non-hydrogen) atoms. The van der Waals surface area contributed by atoms with Gasteiger partial charge in [0.15, 0.2) is 35.4 Å². The first kappa shape index (κ1) is 27.3. The highest BCUT2D eigenvalue weighted by molar-refractivity contribution is 8.76. The van der Waals surface area contributed by atoms with E-state index in [1.165, 1.54) is 69.9 Å². The number of imidazole rings is 2. The molecule has 0 aromatic carbocycles. The molecule has 2 aliphatic heterocycles. The molecule has 0 spiro atoms. The molecular weight excluding hydrogens is 564 g/mol. The molecule has 6 heterocycles. The lowest BCUT2D eigenvalue weighted by Crippen LogP contribution is -2.44. The van der Waals surface area contributed by atoms with Crippen molar-refractivity contribution >= 4 is 55.6 Å². The molecule has 2 saturated heterocycles. The van der Waals surface area contributed by atoms with Crippen LogP contribution in [-0.4, -0.2) is 107 Å². The Morgan fingerprint density at radius 3 is 1.55 bits per heavy atom. The Bertz CT molecular complexity index is 1440. The fourth-order valence-corrected chi connectivity index (χ4v) is 7.43. The lowest BCUT2D eigenvalue weighted by molar-refractivity contribution is -0.0935. The predicted octanol–water partition coefficient (Wildman–Crippen LogP) is -0.769. The second-order valence-electron chi connectivity index (χ2n) is 10.1. The molecule has 2 aliphatic rings. The molecule has 18 heteroatoms. The number of rotatable bonds is 7. The average Bonchev–Trinajstić information content (AvgIpc) is 3.64. The van der Waals surface area contributed by atoms with Gasteiger partial charge < -0.3 is 41.4 Å². The van der Waals surface area contributed by atoms with E-state index in [4.69, 9.17) is 20.9 Å². The Morgan fingerprint density at radius 2 is 1.15 bits per heavy atom.